The number of thioether (sulfide) groups is 1. The van der Waals surface area contributed by atoms with Crippen LogP contribution in [-0.4, -0.2) is 32.7 Å². The van der Waals surface area contributed by atoms with E-state index in [-0.39, 0.29) is 10.6 Å². The third-order valence-electron chi connectivity index (χ3n) is 2.13. The van der Waals surface area contributed by atoms with E-state index in [2.05, 4.69) is 0 Å². The van der Waals surface area contributed by atoms with Gasteiger partial charge in [0.2, 0.25) is 0 Å². The molecular weight excluding hydrogens is 260 g/mol. The molecule has 0 saturated heterocycles. The Hall–Kier alpha value is -0.850. The van der Waals surface area contributed by atoms with Gasteiger partial charge in [0.25, 0.3) is 0 Å². The van der Waals surface area contributed by atoms with Gasteiger partial charge in [0, 0.05) is 31.8 Å². The zero-order valence-electron chi connectivity index (χ0n) is 10.2. The zero-order valence-corrected chi connectivity index (χ0v) is 11.1. The molecule has 0 atom stereocenters. The molecule has 18 heavy (non-hydrogen) atoms. The summed E-state index contributed by atoms with van der Waals surface area (Å²) in [6.07, 6.45) is 0.811. The Kier molecular flexibility index (Phi) is 7.00. The summed E-state index contributed by atoms with van der Waals surface area (Å²) in [4.78, 5) is -0.00954. The Balaban J connectivity index is 2.27. The predicted molar refractivity (Wildman–Crippen MR) is 68.8 cm³/mol. The maximum atomic E-state index is 13.4. The highest BCUT2D eigenvalue weighted by atomic mass is 32.2. The van der Waals surface area contributed by atoms with E-state index in [1.807, 2.05) is 0 Å². The Labute approximate surface area is 110 Å². The van der Waals surface area contributed by atoms with Crippen LogP contribution in [0.5, 0.6) is 0 Å². The van der Waals surface area contributed by atoms with Gasteiger partial charge in [-0.2, -0.15) is 0 Å². The Morgan fingerprint density at radius 2 is 1.83 bits per heavy atom. The van der Waals surface area contributed by atoms with Gasteiger partial charge in [0.15, 0.2) is 0 Å². The monoisotopic (exact) mass is 277 g/mol. The molecule has 0 aromatic heterocycles. The van der Waals surface area contributed by atoms with Crippen molar-refractivity contribution in [3.63, 3.8) is 0 Å². The number of rotatable bonds is 8. The first-order valence-electron chi connectivity index (χ1n) is 5.59. The van der Waals surface area contributed by atoms with Crippen molar-refractivity contribution in [1.82, 2.24) is 0 Å². The fourth-order valence-corrected chi connectivity index (χ4v) is 2.13. The maximum Gasteiger partial charge on any atom is 0.141 e. The molecule has 0 bridgehead atoms. The number of nitrogen functional groups attached to an aromatic ring is 1. The number of anilines is 1. The molecule has 3 nitrogen and oxygen atoms in total. The molecule has 1 rings (SSSR count). The number of ether oxygens (including phenoxy) is 2. The van der Waals surface area contributed by atoms with Crippen LogP contribution in [0.3, 0.4) is 0 Å². The summed E-state index contributed by atoms with van der Waals surface area (Å²) in [6, 6.07) is 2.23. The summed E-state index contributed by atoms with van der Waals surface area (Å²) in [7, 11) is 1.63. The van der Waals surface area contributed by atoms with E-state index in [1.54, 1.807) is 7.11 Å². The van der Waals surface area contributed by atoms with Gasteiger partial charge in [-0.1, -0.05) is 0 Å². The quantitative estimate of drug-likeness (QED) is 0.451. The second-order valence-electron chi connectivity index (χ2n) is 3.62. The summed E-state index contributed by atoms with van der Waals surface area (Å²) in [5.74, 6) is -0.765. The van der Waals surface area contributed by atoms with Crippen LogP contribution in [0.1, 0.15) is 6.42 Å². The first-order chi connectivity index (χ1) is 8.65. The second kappa shape index (κ2) is 8.29. The lowest BCUT2D eigenvalue weighted by molar-refractivity contribution is 0.113. The SMILES string of the molecule is COCCCOCCSc1c(F)cc(N)cc1F. The van der Waals surface area contributed by atoms with Crippen LogP contribution in [0.4, 0.5) is 14.5 Å². The molecule has 0 saturated carbocycles. The Bertz CT molecular complexity index is 354. The average molecular weight is 277 g/mol. The molecule has 1 aromatic rings. The van der Waals surface area contributed by atoms with E-state index < -0.39 is 11.6 Å². The van der Waals surface area contributed by atoms with Gasteiger partial charge in [-0.05, 0) is 18.6 Å². The van der Waals surface area contributed by atoms with Crippen molar-refractivity contribution in [1.29, 1.82) is 0 Å². The lowest BCUT2D eigenvalue weighted by atomic mass is 10.3. The van der Waals surface area contributed by atoms with Crippen LogP contribution in [0.25, 0.3) is 0 Å². The van der Waals surface area contributed by atoms with Gasteiger partial charge < -0.3 is 15.2 Å². The van der Waals surface area contributed by atoms with Gasteiger partial charge in [-0.25, -0.2) is 8.78 Å². The van der Waals surface area contributed by atoms with Crippen LogP contribution < -0.4 is 5.73 Å². The number of halogens is 2. The highest BCUT2D eigenvalue weighted by molar-refractivity contribution is 7.99. The standard InChI is InChI=1S/C12H17F2NO2S/c1-16-3-2-4-17-5-6-18-12-10(13)7-9(15)8-11(12)14/h7-8H,2-6,15H2,1H3. The first-order valence-corrected chi connectivity index (χ1v) is 6.57. The van der Waals surface area contributed by atoms with Crippen LogP contribution in [0, 0.1) is 11.6 Å². The summed E-state index contributed by atoms with van der Waals surface area (Å²) in [5, 5.41) is 0. The molecule has 1 aromatic carbocycles. The van der Waals surface area contributed by atoms with Crippen molar-refractivity contribution in [2.24, 2.45) is 0 Å². The Morgan fingerprint density at radius 3 is 2.44 bits per heavy atom. The average Bonchev–Trinajstić information content (AvgIpc) is 2.30. The number of hydrogen-bond donors (Lipinski definition) is 1. The summed E-state index contributed by atoms with van der Waals surface area (Å²) >= 11 is 1.08. The summed E-state index contributed by atoms with van der Waals surface area (Å²) in [6.45, 7) is 1.67. The van der Waals surface area contributed by atoms with Crippen molar-refractivity contribution in [3.8, 4) is 0 Å². The lowest BCUT2D eigenvalue weighted by Gasteiger charge is -2.06. The molecule has 0 fully saturated rings. The van der Waals surface area contributed by atoms with E-state index in [0.717, 1.165) is 30.3 Å². The number of benzene rings is 1. The van der Waals surface area contributed by atoms with E-state index >= 15 is 0 Å². The van der Waals surface area contributed by atoms with E-state index in [1.165, 1.54) is 0 Å². The van der Waals surface area contributed by atoms with E-state index in [0.29, 0.717) is 25.6 Å². The van der Waals surface area contributed by atoms with E-state index in [9.17, 15) is 8.78 Å². The van der Waals surface area contributed by atoms with Crippen molar-refractivity contribution in [2.75, 3.05) is 38.4 Å². The van der Waals surface area contributed by atoms with Gasteiger partial charge in [-0.3, -0.25) is 0 Å². The van der Waals surface area contributed by atoms with Crippen LogP contribution in [0.15, 0.2) is 17.0 Å². The van der Waals surface area contributed by atoms with E-state index in [4.69, 9.17) is 15.2 Å². The van der Waals surface area contributed by atoms with Crippen molar-refractivity contribution in [3.05, 3.63) is 23.8 Å². The minimum atomic E-state index is -0.628. The molecule has 0 unspecified atom stereocenters. The smallest absolute Gasteiger partial charge is 0.141 e. The predicted octanol–water partition coefficient (Wildman–Crippen LogP) is 2.69. The molecule has 0 aliphatic rings. The normalized spacial score (nSPS) is 10.8. The van der Waals surface area contributed by atoms with Gasteiger partial charge in [-0.15, -0.1) is 11.8 Å². The topological polar surface area (TPSA) is 44.5 Å². The second-order valence-corrected chi connectivity index (χ2v) is 4.73. The van der Waals surface area contributed by atoms with Crippen LogP contribution in [-0.2, 0) is 9.47 Å². The number of hydrogen-bond acceptors (Lipinski definition) is 4. The number of methoxy groups -OCH3 is 1. The van der Waals surface area contributed by atoms with Crippen molar-refractivity contribution >= 4 is 17.4 Å². The lowest BCUT2D eigenvalue weighted by Crippen LogP contribution is -2.03. The molecular formula is C12H17F2NO2S. The minimum Gasteiger partial charge on any atom is -0.399 e. The zero-order chi connectivity index (χ0) is 13.4. The summed E-state index contributed by atoms with van der Waals surface area (Å²) < 4.78 is 36.9. The molecule has 0 aliphatic carbocycles. The Morgan fingerprint density at radius 1 is 1.17 bits per heavy atom. The molecule has 102 valence electrons. The first kappa shape index (κ1) is 15.2. The van der Waals surface area contributed by atoms with Gasteiger partial charge in [0.05, 0.1) is 11.5 Å². The van der Waals surface area contributed by atoms with Crippen molar-refractivity contribution < 1.29 is 18.3 Å². The molecule has 0 aliphatic heterocycles. The molecule has 0 radical (unpaired) electrons. The molecule has 6 heteroatoms. The minimum absolute atomic E-state index is 0.00954. The van der Waals surface area contributed by atoms with Gasteiger partial charge >= 0.3 is 0 Å². The molecule has 0 spiro atoms. The molecule has 0 heterocycles. The number of nitrogens with two attached hydrogens (primary N) is 1. The third kappa shape index (κ3) is 5.20. The molecule has 2 N–H and O–H groups in total. The summed E-state index contributed by atoms with van der Waals surface area (Å²) in [5.41, 5.74) is 5.41. The fraction of sp³-hybridized carbons (Fsp3) is 0.500. The van der Waals surface area contributed by atoms with Gasteiger partial charge in [0.1, 0.15) is 11.6 Å². The maximum absolute atomic E-state index is 13.4. The van der Waals surface area contributed by atoms with Crippen molar-refractivity contribution in [2.45, 2.75) is 11.3 Å². The largest absolute Gasteiger partial charge is 0.399 e. The third-order valence-corrected chi connectivity index (χ3v) is 3.18. The fourth-order valence-electron chi connectivity index (χ4n) is 1.33. The van der Waals surface area contributed by atoms with Crippen LogP contribution in [0.2, 0.25) is 0 Å². The highest BCUT2D eigenvalue weighted by Crippen LogP contribution is 2.26. The van der Waals surface area contributed by atoms with Crippen LogP contribution >= 0.6 is 11.8 Å². The molecule has 0 amide bonds. The highest BCUT2D eigenvalue weighted by Gasteiger charge is 2.10.